The first-order valence-electron chi connectivity index (χ1n) is 10.4. The second-order valence-electron chi connectivity index (χ2n) is 8.10. The minimum Gasteiger partial charge on any atom is -0.503 e. The predicted molar refractivity (Wildman–Crippen MR) is 137 cm³/mol. The highest BCUT2D eigenvalue weighted by Gasteiger charge is 2.57. The van der Waals surface area contributed by atoms with Crippen LogP contribution in [0.4, 0.5) is 5.13 Å². The number of β-lactam (4-membered cyclic amide) rings is 1. The van der Waals surface area contributed by atoms with Gasteiger partial charge < -0.3 is 26.2 Å². The van der Waals surface area contributed by atoms with E-state index in [2.05, 4.69) is 19.7 Å². The van der Waals surface area contributed by atoms with Gasteiger partial charge in [0.15, 0.2) is 17.0 Å². The highest BCUT2D eigenvalue weighted by Crippen LogP contribution is 2.32. The number of hydroxylamine groups is 2. The summed E-state index contributed by atoms with van der Waals surface area (Å²) in [6, 6.07) is 0.249. The van der Waals surface area contributed by atoms with Crippen molar-refractivity contribution in [1.29, 1.82) is 0 Å². The van der Waals surface area contributed by atoms with Crippen LogP contribution in [-0.2, 0) is 29.1 Å². The number of carbonyl (C=O) groups excluding carboxylic acids is 2. The van der Waals surface area contributed by atoms with Gasteiger partial charge in [0.05, 0.1) is 11.7 Å². The Hall–Kier alpha value is -3.39. The number of thioether (sulfide) groups is 1. The Labute approximate surface area is 224 Å². The van der Waals surface area contributed by atoms with Gasteiger partial charge in [-0.05, 0) is 27.0 Å². The van der Waals surface area contributed by atoms with Crippen molar-refractivity contribution in [1.82, 2.24) is 20.1 Å². The number of hydrogen-bond donors (Lipinski definition) is 5. The molecule has 19 heteroatoms. The number of nitrogens with one attached hydrogen (secondary N) is 1. The van der Waals surface area contributed by atoms with Crippen LogP contribution in [0.25, 0.3) is 0 Å². The molecule has 0 bridgehead atoms. The van der Waals surface area contributed by atoms with Gasteiger partial charge in [-0.25, -0.2) is 4.98 Å². The van der Waals surface area contributed by atoms with Crippen LogP contribution in [0, 0.1) is 0 Å². The molecule has 1 saturated heterocycles. The summed E-state index contributed by atoms with van der Waals surface area (Å²) in [5.74, 6) is -0.845. The number of nitrogen functional groups attached to an aromatic ring is 1. The standard InChI is InChI=1S/C13H16N4O4S2.C6H10N2O6S/c1-7(8-5-23-13(14)15-8)16-21-12(6-22-2)9-3-10(18)11(19)4-17(9)20;1-6(2)4(7-3-9)5(10)8(6)14-15(11,12)13/h3-5,12,19-20H,6H2,1-2H3,(H2,14,15);3-4H,1-2H3,(H,7,9)(H,11,12,13)/b16-7+;. The van der Waals surface area contributed by atoms with Gasteiger partial charge in [-0.2, -0.15) is 30.0 Å². The van der Waals surface area contributed by atoms with Gasteiger partial charge >= 0.3 is 10.4 Å². The molecule has 1 aliphatic heterocycles. The molecular weight excluding hydrogens is 568 g/mol. The zero-order chi connectivity index (χ0) is 28.8. The van der Waals surface area contributed by atoms with E-state index in [1.54, 1.807) is 12.3 Å². The molecule has 2 atom stereocenters. The van der Waals surface area contributed by atoms with Crippen LogP contribution in [0.3, 0.4) is 0 Å². The van der Waals surface area contributed by atoms with Crippen molar-refractivity contribution in [2.75, 3.05) is 17.7 Å². The summed E-state index contributed by atoms with van der Waals surface area (Å²) in [5, 5.41) is 28.1. The lowest BCUT2D eigenvalue weighted by atomic mass is 9.85. The Morgan fingerprint density at radius 2 is 2.11 bits per heavy atom. The van der Waals surface area contributed by atoms with Gasteiger partial charge in [-0.3, -0.25) is 18.9 Å². The summed E-state index contributed by atoms with van der Waals surface area (Å²) >= 11 is 2.75. The highest BCUT2D eigenvalue weighted by molar-refractivity contribution is 7.98. The lowest BCUT2D eigenvalue weighted by Gasteiger charge is -2.50. The zero-order valence-electron chi connectivity index (χ0n) is 20.5. The maximum atomic E-state index is 11.6. The van der Waals surface area contributed by atoms with E-state index in [0.29, 0.717) is 38.5 Å². The van der Waals surface area contributed by atoms with Crippen LogP contribution >= 0.6 is 23.1 Å². The van der Waals surface area contributed by atoms with Crippen LogP contribution < -0.4 is 16.5 Å². The van der Waals surface area contributed by atoms with E-state index in [1.165, 1.54) is 36.9 Å². The molecule has 2 aromatic rings. The second-order valence-corrected chi connectivity index (χ2v) is 10.9. The Morgan fingerprint density at radius 1 is 1.45 bits per heavy atom. The molecule has 6 N–H and O–H groups in total. The van der Waals surface area contributed by atoms with Crippen molar-refractivity contribution < 1.29 is 42.0 Å². The number of aromatic hydroxyl groups is 1. The number of oxime groups is 1. The number of thiazole rings is 1. The molecular formula is C19H26N6O10S3. The lowest BCUT2D eigenvalue weighted by molar-refractivity contribution is -0.218. The molecule has 1 aliphatic rings. The minimum atomic E-state index is -4.74. The van der Waals surface area contributed by atoms with Crippen LogP contribution in [0.2, 0.25) is 0 Å². The van der Waals surface area contributed by atoms with Crippen molar-refractivity contribution in [2.45, 2.75) is 38.5 Å². The number of carbonyl (C=O) groups is 2. The Morgan fingerprint density at radius 3 is 2.61 bits per heavy atom. The molecule has 16 nitrogen and oxygen atoms in total. The zero-order valence-corrected chi connectivity index (χ0v) is 22.9. The van der Waals surface area contributed by atoms with Gasteiger partial charge in [0, 0.05) is 17.2 Å². The number of pyridine rings is 1. The van der Waals surface area contributed by atoms with Crippen LogP contribution in [-0.4, -0.2) is 79.7 Å². The molecule has 0 saturated carbocycles. The molecule has 0 radical (unpaired) electrons. The smallest absolute Gasteiger partial charge is 0.418 e. The molecule has 1 fully saturated rings. The summed E-state index contributed by atoms with van der Waals surface area (Å²) in [6.07, 6.45) is 2.43. The first kappa shape index (κ1) is 30.8. The SMILES string of the molecule is CC1(C)C(NC=O)C(=O)N1OS(=O)(=O)O.CSCC(O/N=C(\C)c1csc(N)n1)c1cc(=O)c(O)cn1O. The number of nitrogens with two attached hydrogens (primary N) is 1. The lowest BCUT2D eigenvalue weighted by Crippen LogP contribution is -2.75. The maximum absolute atomic E-state index is 11.6. The summed E-state index contributed by atoms with van der Waals surface area (Å²) in [5.41, 5.74) is 5.25. The second kappa shape index (κ2) is 12.4. The van der Waals surface area contributed by atoms with E-state index < -0.39 is 45.2 Å². The Kier molecular flexibility index (Phi) is 10.1. The third-order valence-corrected chi connectivity index (χ3v) is 6.63. The third kappa shape index (κ3) is 7.57. The predicted octanol–water partition coefficient (Wildman–Crippen LogP) is 0.131. The van der Waals surface area contributed by atoms with E-state index in [1.807, 2.05) is 6.26 Å². The average Bonchev–Trinajstić information content (AvgIpc) is 3.27. The van der Waals surface area contributed by atoms with Crippen LogP contribution in [0.15, 0.2) is 27.6 Å². The number of amides is 2. The van der Waals surface area contributed by atoms with Crippen LogP contribution in [0.5, 0.6) is 5.75 Å². The third-order valence-electron chi connectivity index (χ3n) is 4.98. The summed E-state index contributed by atoms with van der Waals surface area (Å²) in [6.45, 7) is 4.66. The average molecular weight is 595 g/mol. The normalized spacial score (nSPS) is 17.6. The first-order chi connectivity index (χ1) is 17.6. The van der Waals surface area contributed by atoms with Crippen molar-refractivity contribution >= 4 is 56.7 Å². The van der Waals surface area contributed by atoms with E-state index in [-0.39, 0.29) is 5.69 Å². The minimum absolute atomic E-state index is 0.191. The largest absolute Gasteiger partial charge is 0.503 e. The van der Waals surface area contributed by atoms with E-state index in [4.69, 9.17) is 15.1 Å². The van der Waals surface area contributed by atoms with Crippen molar-refractivity contribution in [3.8, 4) is 5.75 Å². The Bertz CT molecular complexity index is 1360. The quantitative estimate of drug-likeness (QED) is 0.0615. The monoisotopic (exact) mass is 594 g/mol. The Balaban J connectivity index is 0.000000293. The molecule has 0 spiro atoms. The fraction of sp³-hybridized carbons (Fsp3) is 0.421. The van der Waals surface area contributed by atoms with Gasteiger partial charge in [0.2, 0.25) is 11.8 Å². The molecule has 210 valence electrons. The molecule has 2 unspecified atom stereocenters. The number of nitrogens with zero attached hydrogens (tertiary/aromatic N) is 4. The van der Waals surface area contributed by atoms with Crippen molar-refractivity contribution in [2.24, 2.45) is 5.16 Å². The van der Waals surface area contributed by atoms with Crippen molar-refractivity contribution in [3.05, 3.63) is 39.3 Å². The fourth-order valence-electron chi connectivity index (χ4n) is 3.06. The highest BCUT2D eigenvalue weighted by atomic mass is 32.3. The van der Waals surface area contributed by atoms with Gasteiger partial charge in [-0.15, -0.1) is 15.6 Å². The van der Waals surface area contributed by atoms with E-state index in [0.717, 1.165) is 12.3 Å². The number of aromatic nitrogens is 2. The topological polar surface area (TPSA) is 236 Å². The van der Waals surface area contributed by atoms with Gasteiger partial charge in [0.25, 0.3) is 5.91 Å². The summed E-state index contributed by atoms with van der Waals surface area (Å²) in [7, 11) is -4.74. The fourth-order valence-corrected chi connectivity index (χ4v) is 4.65. The summed E-state index contributed by atoms with van der Waals surface area (Å²) < 4.78 is 33.8. The number of anilines is 1. The summed E-state index contributed by atoms with van der Waals surface area (Å²) in [4.78, 5) is 42.5. The molecule has 2 amide bonds. The molecule has 38 heavy (non-hydrogen) atoms. The van der Waals surface area contributed by atoms with Gasteiger partial charge in [-0.1, -0.05) is 5.16 Å². The van der Waals surface area contributed by atoms with Gasteiger partial charge in [0.1, 0.15) is 23.1 Å². The van der Waals surface area contributed by atoms with E-state index >= 15 is 0 Å². The molecule has 0 aliphatic carbocycles. The number of rotatable bonds is 10. The van der Waals surface area contributed by atoms with E-state index in [9.17, 15) is 33.1 Å². The molecule has 3 rings (SSSR count). The number of hydrogen-bond acceptors (Lipinski definition) is 14. The molecule has 0 aromatic carbocycles. The molecule has 3 heterocycles. The van der Waals surface area contributed by atoms with Crippen molar-refractivity contribution in [3.63, 3.8) is 0 Å². The van der Waals surface area contributed by atoms with Crippen LogP contribution in [0.1, 0.15) is 38.3 Å². The first-order valence-corrected chi connectivity index (χ1v) is 14.0. The maximum Gasteiger partial charge on any atom is 0.418 e. The molecule has 2 aromatic heterocycles.